The van der Waals surface area contributed by atoms with Gasteiger partial charge in [-0.05, 0) is 31.2 Å². The lowest BCUT2D eigenvalue weighted by Crippen LogP contribution is -2.35. The van der Waals surface area contributed by atoms with Gasteiger partial charge in [-0.1, -0.05) is 0 Å². The normalized spacial score (nSPS) is 16.5. The lowest BCUT2D eigenvalue weighted by molar-refractivity contribution is -0.0191. The molecule has 11 nitrogen and oxygen atoms in total. The number of phenols is 6. The minimum Gasteiger partial charge on any atom is -0.507 e. The first-order valence-electron chi connectivity index (χ1n) is 10.7. The Bertz CT molecular complexity index is 1300. The van der Waals surface area contributed by atoms with E-state index in [1.807, 2.05) is 0 Å². The van der Waals surface area contributed by atoms with Gasteiger partial charge in [0.1, 0.15) is 23.4 Å². The first kappa shape index (κ1) is 24.5. The summed E-state index contributed by atoms with van der Waals surface area (Å²) in [6.07, 6.45) is -2.10. The van der Waals surface area contributed by atoms with Crippen molar-refractivity contribution in [2.24, 2.45) is 0 Å². The molecular weight excluding hydrogens is 476 g/mol. The van der Waals surface area contributed by atoms with E-state index in [2.05, 4.69) is 0 Å². The highest BCUT2D eigenvalue weighted by Gasteiger charge is 2.38. The molecular formula is C25H24O11. The molecule has 1 heterocycles. The molecule has 190 valence electrons. The predicted octanol–water partition coefficient (Wildman–Crippen LogP) is 3.15. The Kier molecular flexibility index (Phi) is 6.23. The van der Waals surface area contributed by atoms with Crippen molar-refractivity contribution in [1.82, 2.24) is 0 Å². The van der Waals surface area contributed by atoms with Crippen LogP contribution in [-0.2, 0) is 11.2 Å². The summed E-state index contributed by atoms with van der Waals surface area (Å²) in [5.74, 6) is -3.64. The third kappa shape index (κ3) is 4.15. The summed E-state index contributed by atoms with van der Waals surface area (Å²) < 4.78 is 22.2. The molecule has 2 atom stereocenters. The Hall–Kier alpha value is -4.67. The SMILES string of the molecule is COc1cc(O)c(C)c2c1C[C@@H](OC(=O)c1cc(O)c(O)c(O)c1)C(c1cc(O)c(OC)c(O)c1)O2. The number of carbonyl (C=O) groups is 1. The number of esters is 1. The summed E-state index contributed by atoms with van der Waals surface area (Å²) in [6, 6.07) is 5.82. The highest BCUT2D eigenvalue weighted by atomic mass is 16.6. The van der Waals surface area contributed by atoms with Gasteiger partial charge in [0.2, 0.25) is 5.75 Å². The summed E-state index contributed by atoms with van der Waals surface area (Å²) >= 11 is 0. The van der Waals surface area contributed by atoms with E-state index in [1.54, 1.807) is 6.92 Å². The van der Waals surface area contributed by atoms with Gasteiger partial charge in [-0.25, -0.2) is 4.79 Å². The van der Waals surface area contributed by atoms with Crippen LogP contribution in [0.1, 0.15) is 33.2 Å². The van der Waals surface area contributed by atoms with E-state index in [4.69, 9.17) is 18.9 Å². The zero-order valence-corrected chi connectivity index (χ0v) is 19.5. The van der Waals surface area contributed by atoms with Crippen molar-refractivity contribution in [3.63, 3.8) is 0 Å². The number of aromatic hydroxyl groups is 6. The number of carbonyl (C=O) groups excluding carboxylic acids is 1. The molecule has 0 saturated heterocycles. The van der Waals surface area contributed by atoms with Crippen LogP contribution < -0.4 is 14.2 Å². The van der Waals surface area contributed by atoms with E-state index in [-0.39, 0.29) is 52.0 Å². The predicted molar refractivity (Wildman–Crippen MR) is 123 cm³/mol. The second kappa shape index (κ2) is 9.17. The number of hydrogen-bond donors (Lipinski definition) is 6. The third-order valence-corrected chi connectivity index (χ3v) is 5.94. The number of fused-ring (bicyclic) bond motifs is 1. The molecule has 1 aliphatic rings. The molecule has 0 bridgehead atoms. The van der Waals surface area contributed by atoms with Crippen molar-refractivity contribution >= 4 is 5.97 Å². The summed E-state index contributed by atoms with van der Waals surface area (Å²) in [6.45, 7) is 1.63. The monoisotopic (exact) mass is 500 g/mol. The first-order chi connectivity index (χ1) is 17.0. The van der Waals surface area contributed by atoms with E-state index in [1.165, 1.54) is 32.4 Å². The van der Waals surface area contributed by atoms with Gasteiger partial charge in [0.05, 0.1) is 19.8 Å². The first-order valence-corrected chi connectivity index (χ1v) is 10.7. The minimum absolute atomic E-state index is 0.0413. The highest BCUT2D eigenvalue weighted by Crippen LogP contribution is 2.48. The highest BCUT2D eigenvalue weighted by molar-refractivity contribution is 5.91. The van der Waals surface area contributed by atoms with E-state index in [9.17, 15) is 35.4 Å². The molecule has 0 fully saturated rings. The minimum atomic E-state index is -1.08. The van der Waals surface area contributed by atoms with Crippen molar-refractivity contribution in [2.75, 3.05) is 14.2 Å². The Morgan fingerprint density at radius 1 is 0.861 bits per heavy atom. The van der Waals surface area contributed by atoms with Crippen LogP contribution in [0.15, 0.2) is 30.3 Å². The number of hydrogen-bond acceptors (Lipinski definition) is 11. The van der Waals surface area contributed by atoms with Crippen molar-refractivity contribution in [2.45, 2.75) is 25.6 Å². The van der Waals surface area contributed by atoms with E-state index in [0.29, 0.717) is 11.1 Å². The molecule has 0 radical (unpaired) electrons. The van der Waals surface area contributed by atoms with Crippen molar-refractivity contribution in [3.05, 3.63) is 52.6 Å². The molecule has 3 aromatic carbocycles. The molecule has 3 aromatic rings. The van der Waals surface area contributed by atoms with E-state index >= 15 is 0 Å². The van der Waals surface area contributed by atoms with Crippen LogP contribution in [0, 0.1) is 6.92 Å². The van der Waals surface area contributed by atoms with Gasteiger partial charge >= 0.3 is 5.97 Å². The average molecular weight is 500 g/mol. The largest absolute Gasteiger partial charge is 0.507 e. The summed E-state index contributed by atoms with van der Waals surface area (Å²) in [5.41, 5.74) is 0.880. The zero-order chi connectivity index (χ0) is 26.3. The second-order valence-corrected chi connectivity index (χ2v) is 8.17. The van der Waals surface area contributed by atoms with Gasteiger partial charge < -0.3 is 49.6 Å². The molecule has 36 heavy (non-hydrogen) atoms. The van der Waals surface area contributed by atoms with Gasteiger partial charge in [-0.15, -0.1) is 0 Å². The fourth-order valence-corrected chi connectivity index (χ4v) is 4.13. The number of rotatable bonds is 5. The van der Waals surface area contributed by atoms with Crippen molar-refractivity contribution in [3.8, 4) is 51.7 Å². The molecule has 6 N–H and O–H groups in total. The number of ether oxygens (including phenoxy) is 4. The fraction of sp³-hybridized carbons (Fsp3) is 0.240. The van der Waals surface area contributed by atoms with Crippen LogP contribution in [0.2, 0.25) is 0 Å². The molecule has 11 heteroatoms. The van der Waals surface area contributed by atoms with Gasteiger partial charge in [-0.2, -0.15) is 0 Å². The molecule has 0 aromatic heterocycles. The zero-order valence-electron chi connectivity index (χ0n) is 19.5. The molecule has 1 unspecified atom stereocenters. The molecule has 0 aliphatic carbocycles. The standard InChI is InChI=1S/C25H24O11/c1-10-14(26)9-19(33-2)13-8-20(35-25(32)12-6-15(27)21(31)16(28)7-12)23(36-22(10)13)11-4-17(29)24(34-3)18(30)5-11/h4-7,9,20,23,26-31H,8H2,1-3H3/t20-,23?/m1/s1. The fourth-order valence-electron chi connectivity index (χ4n) is 4.13. The number of phenolic OH excluding ortho intramolecular Hbond substituents is 6. The molecule has 4 rings (SSSR count). The lowest BCUT2D eigenvalue weighted by atomic mass is 9.91. The Morgan fingerprint density at radius 3 is 2.03 bits per heavy atom. The number of benzene rings is 3. The summed E-state index contributed by atoms with van der Waals surface area (Å²) in [4.78, 5) is 13.0. The number of methoxy groups -OCH3 is 2. The van der Waals surface area contributed by atoms with Gasteiger partial charge in [0.15, 0.2) is 34.9 Å². The lowest BCUT2D eigenvalue weighted by Gasteiger charge is -2.35. The van der Waals surface area contributed by atoms with Crippen LogP contribution in [0.25, 0.3) is 0 Å². The Morgan fingerprint density at radius 2 is 1.47 bits per heavy atom. The third-order valence-electron chi connectivity index (χ3n) is 5.94. The van der Waals surface area contributed by atoms with Gasteiger partial charge in [-0.3, -0.25) is 0 Å². The van der Waals surface area contributed by atoms with Crippen LogP contribution in [0.5, 0.6) is 51.7 Å². The van der Waals surface area contributed by atoms with Crippen molar-refractivity contribution in [1.29, 1.82) is 0 Å². The molecule has 1 aliphatic heterocycles. The second-order valence-electron chi connectivity index (χ2n) is 8.17. The van der Waals surface area contributed by atoms with Crippen molar-refractivity contribution < 1.29 is 54.4 Å². The molecule has 0 amide bonds. The van der Waals surface area contributed by atoms with E-state index in [0.717, 1.165) is 12.1 Å². The summed E-state index contributed by atoms with van der Waals surface area (Å²) in [5, 5.41) is 60.1. The van der Waals surface area contributed by atoms with Crippen LogP contribution in [-0.4, -0.2) is 56.9 Å². The maximum Gasteiger partial charge on any atom is 0.338 e. The Balaban J connectivity index is 1.80. The molecule has 0 spiro atoms. The van der Waals surface area contributed by atoms with E-state index < -0.39 is 35.4 Å². The van der Waals surface area contributed by atoms with Gasteiger partial charge in [0, 0.05) is 29.2 Å². The summed E-state index contributed by atoms with van der Waals surface area (Å²) in [7, 11) is 2.67. The average Bonchev–Trinajstić information content (AvgIpc) is 2.83. The van der Waals surface area contributed by atoms with Crippen LogP contribution in [0.4, 0.5) is 0 Å². The van der Waals surface area contributed by atoms with Gasteiger partial charge in [0.25, 0.3) is 0 Å². The quantitative estimate of drug-likeness (QED) is 0.224. The maximum absolute atomic E-state index is 13.0. The molecule has 0 saturated carbocycles. The Labute approximate surface area is 204 Å². The smallest absolute Gasteiger partial charge is 0.338 e. The van der Waals surface area contributed by atoms with Crippen LogP contribution >= 0.6 is 0 Å². The van der Waals surface area contributed by atoms with Crippen LogP contribution in [0.3, 0.4) is 0 Å². The maximum atomic E-state index is 13.0. The topological polar surface area (TPSA) is 175 Å².